The van der Waals surface area contributed by atoms with E-state index in [1.165, 1.54) is 0 Å². The summed E-state index contributed by atoms with van der Waals surface area (Å²) in [6, 6.07) is 12.7. The fourth-order valence-electron chi connectivity index (χ4n) is 3.94. The second kappa shape index (κ2) is 8.00. The summed E-state index contributed by atoms with van der Waals surface area (Å²) in [5.41, 5.74) is 1.36. The molecule has 2 aromatic rings. The van der Waals surface area contributed by atoms with Gasteiger partial charge in [-0.05, 0) is 44.0 Å². The normalized spacial score (nSPS) is 21.8. The molecule has 6 heteroatoms. The van der Waals surface area contributed by atoms with Gasteiger partial charge in [-0.1, -0.05) is 18.2 Å². The molecule has 3 heterocycles. The largest absolute Gasteiger partial charge is 0.488 e. The molecule has 2 saturated heterocycles. The maximum Gasteiger partial charge on any atom is 0.256 e. The minimum absolute atomic E-state index is 0.0325. The van der Waals surface area contributed by atoms with E-state index >= 15 is 0 Å². The summed E-state index contributed by atoms with van der Waals surface area (Å²) in [6.45, 7) is 3.82. The minimum atomic E-state index is -0.486. The van der Waals surface area contributed by atoms with Crippen LogP contribution in [0, 0.1) is 6.92 Å². The maximum atomic E-state index is 13.1. The van der Waals surface area contributed by atoms with E-state index in [2.05, 4.69) is 4.98 Å². The Labute approximate surface area is 165 Å². The SMILES string of the molecule is Cc1ccc(C(=O)N2C[C@@H](Oc3ccccc3)C[C@H]2C(=O)N2CCCC2)cn1. The number of likely N-dealkylation sites (tertiary alicyclic amines) is 2. The fraction of sp³-hybridized carbons (Fsp3) is 0.409. The summed E-state index contributed by atoms with van der Waals surface area (Å²) >= 11 is 0. The number of para-hydroxylation sites is 1. The summed E-state index contributed by atoms with van der Waals surface area (Å²) in [5.74, 6) is 0.625. The molecular weight excluding hydrogens is 354 g/mol. The van der Waals surface area contributed by atoms with Crippen LogP contribution in [-0.2, 0) is 4.79 Å². The number of carbonyl (C=O) groups is 2. The molecule has 1 aromatic heterocycles. The van der Waals surface area contributed by atoms with Gasteiger partial charge in [-0.2, -0.15) is 0 Å². The number of hydrogen-bond acceptors (Lipinski definition) is 4. The molecule has 0 radical (unpaired) electrons. The number of amides is 2. The highest BCUT2D eigenvalue weighted by molar-refractivity contribution is 5.97. The number of aryl methyl sites for hydroxylation is 1. The lowest BCUT2D eigenvalue weighted by molar-refractivity contribution is -0.134. The first-order valence-electron chi connectivity index (χ1n) is 9.86. The molecule has 2 aliphatic rings. The van der Waals surface area contributed by atoms with E-state index in [0.29, 0.717) is 18.5 Å². The van der Waals surface area contributed by atoms with Crippen LogP contribution >= 0.6 is 0 Å². The average Bonchev–Trinajstić information content (AvgIpc) is 3.39. The highest BCUT2D eigenvalue weighted by Gasteiger charge is 2.43. The van der Waals surface area contributed by atoms with Gasteiger partial charge >= 0.3 is 0 Å². The molecule has 146 valence electrons. The molecular formula is C22H25N3O3. The Morgan fingerprint density at radius 1 is 1.07 bits per heavy atom. The van der Waals surface area contributed by atoms with Crippen molar-refractivity contribution in [1.29, 1.82) is 0 Å². The lowest BCUT2D eigenvalue weighted by atomic mass is 10.1. The Hall–Kier alpha value is -2.89. The van der Waals surface area contributed by atoms with Crippen molar-refractivity contribution in [1.82, 2.24) is 14.8 Å². The van der Waals surface area contributed by atoms with Crippen molar-refractivity contribution in [2.45, 2.75) is 38.3 Å². The standard InChI is InChI=1S/C22H25N3O3/c1-16-9-10-17(14-23-16)21(26)25-15-19(28-18-7-3-2-4-8-18)13-20(25)22(27)24-11-5-6-12-24/h2-4,7-10,14,19-20H,5-6,11-13,15H2,1H3/t19-,20-/m0/s1. The predicted molar refractivity (Wildman–Crippen MR) is 105 cm³/mol. The Morgan fingerprint density at radius 2 is 1.82 bits per heavy atom. The van der Waals surface area contributed by atoms with Gasteiger partial charge in [0.05, 0.1) is 12.1 Å². The van der Waals surface area contributed by atoms with Gasteiger partial charge in [-0.15, -0.1) is 0 Å². The monoisotopic (exact) mass is 379 g/mol. The van der Waals surface area contributed by atoms with Crippen molar-refractivity contribution in [2.24, 2.45) is 0 Å². The van der Waals surface area contributed by atoms with E-state index in [1.807, 2.05) is 48.2 Å². The van der Waals surface area contributed by atoms with Crippen molar-refractivity contribution in [3.05, 3.63) is 59.9 Å². The third kappa shape index (κ3) is 3.86. The number of aromatic nitrogens is 1. The zero-order chi connectivity index (χ0) is 19.5. The summed E-state index contributed by atoms with van der Waals surface area (Å²) in [5, 5.41) is 0. The second-order valence-corrected chi connectivity index (χ2v) is 7.48. The van der Waals surface area contributed by atoms with E-state index in [-0.39, 0.29) is 17.9 Å². The van der Waals surface area contributed by atoms with Crippen LogP contribution in [0.15, 0.2) is 48.7 Å². The van der Waals surface area contributed by atoms with Gasteiger partial charge in [0.15, 0.2) is 0 Å². The quantitative estimate of drug-likeness (QED) is 0.819. The molecule has 0 saturated carbocycles. The molecule has 0 unspecified atom stereocenters. The van der Waals surface area contributed by atoms with Crippen molar-refractivity contribution in [3.8, 4) is 5.75 Å². The van der Waals surface area contributed by atoms with E-state index in [4.69, 9.17) is 4.74 Å². The van der Waals surface area contributed by atoms with Crippen LogP contribution in [0.3, 0.4) is 0 Å². The van der Waals surface area contributed by atoms with Gasteiger partial charge in [0.1, 0.15) is 17.9 Å². The van der Waals surface area contributed by atoms with Crippen molar-refractivity contribution < 1.29 is 14.3 Å². The Balaban J connectivity index is 1.55. The van der Waals surface area contributed by atoms with Crippen LogP contribution in [-0.4, -0.2) is 58.4 Å². The fourth-order valence-corrected chi connectivity index (χ4v) is 3.94. The van der Waals surface area contributed by atoms with Gasteiger partial charge in [0.25, 0.3) is 5.91 Å². The van der Waals surface area contributed by atoms with Gasteiger partial charge in [0, 0.05) is 31.4 Å². The zero-order valence-corrected chi connectivity index (χ0v) is 16.1. The number of rotatable bonds is 4. The second-order valence-electron chi connectivity index (χ2n) is 7.48. The lowest BCUT2D eigenvalue weighted by Gasteiger charge is -2.27. The van der Waals surface area contributed by atoms with Crippen molar-refractivity contribution >= 4 is 11.8 Å². The first kappa shape index (κ1) is 18.5. The van der Waals surface area contributed by atoms with E-state index in [9.17, 15) is 9.59 Å². The number of pyridine rings is 1. The number of benzene rings is 1. The first-order chi connectivity index (χ1) is 13.6. The lowest BCUT2D eigenvalue weighted by Crippen LogP contribution is -2.47. The minimum Gasteiger partial charge on any atom is -0.488 e. The average molecular weight is 379 g/mol. The van der Waals surface area contributed by atoms with Gasteiger partial charge in [-0.3, -0.25) is 14.6 Å². The molecule has 0 aliphatic carbocycles. The number of ether oxygens (including phenoxy) is 1. The number of nitrogens with zero attached hydrogens (tertiary/aromatic N) is 3. The Kier molecular flexibility index (Phi) is 5.28. The molecule has 1 aromatic carbocycles. The van der Waals surface area contributed by atoms with Gasteiger partial charge in [-0.25, -0.2) is 0 Å². The summed E-state index contributed by atoms with van der Waals surface area (Å²) in [4.78, 5) is 34.0. The maximum absolute atomic E-state index is 13.1. The van der Waals surface area contributed by atoms with Crippen LogP contribution in [0.1, 0.15) is 35.3 Å². The molecule has 0 N–H and O–H groups in total. The molecule has 4 rings (SSSR count). The van der Waals surface area contributed by atoms with Crippen molar-refractivity contribution in [2.75, 3.05) is 19.6 Å². The summed E-state index contributed by atoms with van der Waals surface area (Å²) in [7, 11) is 0. The molecule has 6 nitrogen and oxygen atoms in total. The number of carbonyl (C=O) groups excluding carboxylic acids is 2. The summed E-state index contributed by atoms with van der Waals surface area (Å²) in [6.07, 6.45) is 3.94. The van der Waals surface area contributed by atoms with E-state index in [1.54, 1.807) is 17.2 Å². The molecule has 2 fully saturated rings. The topological polar surface area (TPSA) is 62.7 Å². The van der Waals surface area contributed by atoms with Gasteiger partial charge in [0.2, 0.25) is 5.91 Å². The first-order valence-corrected chi connectivity index (χ1v) is 9.86. The molecule has 2 atom stereocenters. The molecule has 2 amide bonds. The molecule has 0 bridgehead atoms. The molecule has 0 spiro atoms. The smallest absolute Gasteiger partial charge is 0.256 e. The third-order valence-corrected chi connectivity index (χ3v) is 5.43. The summed E-state index contributed by atoms with van der Waals surface area (Å²) < 4.78 is 6.07. The third-order valence-electron chi connectivity index (χ3n) is 5.43. The highest BCUT2D eigenvalue weighted by atomic mass is 16.5. The van der Waals surface area contributed by atoms with Crippen LogP contribution in [0.5, 0.6) is 5.75 Å². The number of hydrogen-bond donors (Lipinski definition) is 0. The van der Waals surface area contributed by atoms with Crippen LogP contribution < -0.4 is 4.74 Å². The van der Waals surface area contributed by atoms with Crippen LogP contribution in [0.2, 0.25) is 0 Å². The van der Waals surface area contributed by atoms with Crippen molar-refractivity contribution in [3.63, 3.8) is 0 Å². The molecule has 2 aliphatic heterocycles. The zero-order valence-electron chi connectivity index (χ0n) is 16.1. The predicted octanol–water partition coefficient (Wildman–Crippen LogP) is 2.67. The van der Waals surface area contributed by atoms with Gasteiger partial charge < -0.3 is 14.5 Å². The van der Waals surface area contributed by atoms with Crippen LogP contribution in [0.25, 0.3) is 0 Å². The van der Waals surface area contributed by atoms with Crippen LogP contribution in [0.4, 0.5) is 0 Å². The Bertz CT molecular complexity index is 832. The highest BCUT2D eigenvalue weighted by Crippen LogP contribution is 2.27. The van der Waals surface area contributed by atoms with E-state index < -0.39 is 6.04 Å². The Morgan fingerprint density at radius 3 is 2.50 bits per heavy atom. The van der Waals surface area contributed by atoms with E-state index in [0.717, 1.165) is 37.4 Å². The molecule has 28 heavy (non-hydrogen) atoms.